The molecule has 6 aromatic carbocycles. The highest BCUT2D eigenvalue weighted by Gasteiger charge is 2.39. The minimum absolute atomic E-state index is 0.0855. The summed E-state index contributed by atoms with van der Waals surface area (Å²) >= 11 is 0. The Labute approximate surface area is 298 Å². The number of ether oxygens (including phenoxy) is 2. The molecule has 0 saturated heterocycles. The molecule has 1 aliphatic rings. The lowest BCUT2D eigenvalue weighted by Gasteiger charge is -2.36. The number of anilines is 1. The fourth-order valence-electron chi connectivity index (χ4n) is 6.99. The highest BCUT2D eigenvalue weighted by atomic mass is 19.1. The van der Waals surface area contributed by atoms with Gasteiger partial charge in [-0.2, -0.15) is 5.10 Å². The van der Waals surface area contributed by atoms with E-state index in [1.165, 1.54) is 12.1 Å². The van der Waals surface area contributed by atoms with Crippen molar-refractivity contribution in [1.82, 2.24) is 19.3 Å². The van der Waals surface area contributed by atoms with Gasteiger partial charge in [-0.05, 0) is 64.7 Å². The number of benzene rings is 6. The van der Waals surface area contributed by atoms with Crippen LogP contribution in [0.15, 0.2) is 164 Å². The molecule has 0 saturated carbocycles. The molecule has 0 radical (unpaired) electrons. The van der Waals surface area contributed by atoms with Crippen LogP contribution in [0.5, 0.6) is 11.5 Å². The van der Waals surface area contributed by atoms with Gasteiger partial charge in [0.2, 0.25) is 6.79 Å². The summed E-state index contributed by atoms with van der Waals surface area (Å²) in [6.45, 7) is 0.119. The molecule has 0 fully saturated rings. The van der Waals surface area contributed by atoms with Crippen LogP contribution in [0, 0.1) is 5.82 Å². The van der Waals surface area contributed by atoms with Crippen LogP contribution in [0.4, 0.5) is 10.1 Å². The molecule has 0 spiro atoms. The van der Waals surface area contributed by atoms with Crippen molar-refractivity contribution in [3.05, 3.63) is 192 Å². The van der Waals surface area contributed by atoms with Crippen molar-refractivity contribution in [2.24, 2.45) is 0 Å². The average Bonchev–Trinajstić information content (AvgIpc) is 3.97. The van der Waals surface area contributed by atoms with Gasteiger partial charge in [0.1, 0.15) is 17.7 Å². The van der Waals surface area contributed by atoms with Crippen molar-refractivity contribution in [3.63, 3.8) is 0 Å². The Bertz CT molecular complexity index is 2470. The van der Waals surface area contributed by atoms with Crippen molar-refractivity contribution in [3.8, 4) is 28.3 Å². The summed E-state index contributed by atoms with van der Waals surface area (Å²) in [7, 11) is 0. The number of halogens is 1. The quantitative estimate of drug-likeness (QED) is 0.162. The first kappa shape index (κ1) is 31.0. The van der Waals surface area contributed by atoms with Crippen molar-refractivity contribution < 1.29 is 18.7 Å². The van der Waals surface area contributed by atoms with Gasteiger partial charge < -0.3 is 14.8 Å². The molecule has 9 rings (SSSR count). The van der Waals surface area contributed by atoms with E-state index in [0.29, 0.717) is 22.9 Å². The number of imidazole rings is 1. The van der Waals surface area contributed by atoms with E-state index in [2.05, 4.69) is 89.3 Å². The molecule has 2 aromatic heterocycles. The van der Waals surface area contributed by atoms with Gasteiger partial charge in [0.05, 0.1) is 28.5 Å². The zero-order valence-corrected chi connectivity index (χ0v) is 27.7. The lowest BCUT2D eigenvalue weighted by molar-refractivity contribution is 0.102. The summed E-state index contributed by atoms with van der Waals surface area (Å²) in [4.78, 5) is 17.6. The molecular formula is C43H30FN5O3. The molecule has 0 atom stereocenters. The zero-order valence-electron chi connectivity index (χ0n) is 27.7. The number of hydrogen-bond acceptors (Lipinski definition) is 5. The maximum Gasteiger partial charge on any atom is 0.258 e. The van der Waals surface area contributed by atoms with Crippen molar-refractivity contribution in [2.45, 2.75) is 5.54 Å². The lowest BCUT2D eigenvalue weighted by atomic mass is 9.77. The Kier molecular flexibility index (Phi) is 7.58. The Morgan fingerprint density at radius 1 is 0.712 bits per heavy atom. The monoisotopic (exact) mass is 683 g/mol. The number of hydrogen-bond donors (Lipinski definition) is 1. The summed E-state index contributed by atoms with van der Waals surface area (Å²) in [6, 6.07) is 46.7. The Balaban J connectivity index is 1.07. The molecule has 0 aliphatic carbocycles. The zero-order chi connectivity index (χ0) is 35.1. The van der Waals surface area contributed by atoms with E-state index < -0.39 is 17.3 Å². The van der Waals surface area contributed by atoms with Crippen LogP contribution in [0.2, 0.25) is 0 Å². The predicted octanol–water partition coefficient (Wildman–Crippen LogP) is 8.85. The van der Waals surface area contributed by atoms with Crippen LogP contribution in [-0.2, 0) is 5.54 Å². The fourth-order valence-corrected chi connectivity index (χ4v) is 6.99. The van der Waals surface area contributed by atoms with Gasteiger partial charge in [-0.25, -0.2) is 9.37 Å². The molecule has 9 heteroatoms. The number of fused-ring (bicyclic) bond motifs is 2. The minimum atomic E-state index is -0.748. The second-order valence-electron chi connectivity index (χ2n) is 12.5. The van der Waals surface area contributed by atoms with Crippen LogP contribution >= 0.6 is 0 Å². The van der Waals surface area contributed by atoms with Crippen LogP contribution in [0.25, 0.3) is 27.8 Å². The third-order valence-electron chi connectivity index (χ3n) is 9.49. The predicted molar refractivity (Wildman–Crippen MR) is 197 cm³/mol. The molecule has 3 heterocycles. The second-order valence-corrected chi connectivity index (χ2v) is 12.5. The van der Waals surface area contributed by atoms with Crippen LogP contribution in [-0.4, -0.2) is 32.0 Å². The summed E-state index contributed by atoms with van der Waals surface area (Å²) in [5.41, 5.74) is 6.75. The Morgan fingerprint density at radius 2 is 1.38 bits per heavy atom. The normalized spacial score (nSPS) is 12.2. The molecule has 1 N–H and O–H groups in total. The first-order valence-electron chi connectivity index (χ1n) is 16.8. The molecule has 252 valence electrons. The van der Waals surface area contributed by atoms with E-state index >= 15 is 4.39 Å². The molecule has 52 heavy (non-hydrogen) atoms. The van der Waals surface area contributed by atoms with Gasteiger partial charge in [-0.15, -0.1) is 0 Å². The molecule has 0 unspecified atom stereocenters. The van der Waals surface area contributed by atoms with Gasteiger partial charge in [0.15, 0.2) is 11.5 Å². The number of amides is 1. The Morgan fingerprint density at radius 3 is 2.06 bits per heavy atom. The minimum Gasteiger partial charge on any atom is -0.454 e. The largest absolute Gasteiger partial charge is 0.454 e. The summed E-state index contributed by atoms with van der Waals surface area (Å²) < 4.78 is 30.1. The van der Waals surface area contributed by atoms with Crippen LogP contribution < -0.4 is 14.8 Å². The lowest BCUT2D eigenvalue weighted by Crippen LogP contribution is -2.38. The summed E-state index contributed by atoms with van der Waals surface area (Å²) in [5, 5.41) is 7.76. The maximum atomic E-state index is 15.5. The van der Waals surface area contributed by atoms with E-state index in [-0.39, 0.29) is 12.4 Å². The van der Waals surface area contributed by atoms with Gasteiger partial charge >= 0.3 is 0 Å². The van der Waals surface area contributed by atoms with Crippen molar-refractivity contribution in [2.75, 3.05) is 12.1 Å². The van der Waals surface area contributed by atoms with Crippen LogP contribution in [0.3, 0.4) is 0 Å². The second kappa shape index (κ2) is 12.7. The van der Waals surface area contributed by atoms with Gasteiger partial charge in [0, 0.05) is 23.5 Å². The number of nitrogens with one attached hydrogen (secondary N) is 1. The van der Waals surface area contributed by atoms with Gasteiger partial charge in [0.25, 0.3) is 5.91 Å². The molecule has 1 aliphatic heterocycles. The highest BCUT2D eigenvalue weighted by Crippen LogP contribution is 2.41. The number of rotatable bonds is 8. The van der Waals surface area contributed by atoms with Crippen LogP contribution in [0.1, 0.15) is 27.0 Å². The molecule has 0 bridgehead atoms. The molecule has 1 amide bonds. The molecular weight excluding hydrogens is 654 g/mol. The smallest absolute Gasteiger partial charge is 0.258 e. The standard InChI is InChI=1S/C43H30FN5O3/c44-37-24-35(18-19-36(37)42(50)47-34-17-21-40-41(23-34)52-28-51-40)48-27-45-38-20-16-29(22-39(38)48)30-25-46-49(26-30)43(31-10-4-1-5-11-31,32-12-6-2-7-13-32)33-14-8-3-9-15-33/h1-27H,28H2,(H,47,50). The number of aromatic nitrogens is 4. The third kappa shape index (κ3) is 5.27. The summed E-state index contributed by atoms with van der Waals surface area (Å²) in [5.74, 6) is -0.114. The topological polar surface area (TPSA) is 83.2 Å². The summed E-state index contributed by atoms with van der Waals surface area (Å²) in [6.07, 6.45) is 5.60. The third-order valence-corrected chi connectivity index (χ3v) is 9.49. The highest BCUT2D eigenvalue weighted by molar-refractivity contribution is 6.04. The first-order valence-corrected chi connectivity index (χ1v) is 16.8. The van der Waals surface area contributed by atoms with E-state index in [1.54, 1.807) is 30.6 Å². The first-order chi connectivity index (χ1) is 25.6. The van der Waals surface area contributed by atoms with Crippen molar-refractivity contribution in [1.29, 1.82) is 0 Å². The fraction of sp³-hybridized carbons (Fsp3) is 0.0465. The van der Waals surface area contributed by atoms with Crippen molar-refractivity contribution >= 4 is 22.6 Å². The number of nitrogens with zero attached hydrogens (tertiary/aromatic N) is 4. The van der Waals surface area contributed by atoms with E-state index in [9.17, 15) is 4.79 Å². The Hall–Kier alpha value is -7.00. The van der Waals surface area contributed by atoms with Gasteiger partial charge in [-0.1, -0.05) is 97.1 Å². The maximum absolute atomic E-state index is 15.5. The number of carbonyl (C=O) groups excluding carboxylic acids is 1. The molecule has 8 nitrogen and oxygen atoms in total. The van der Waals surface area contributed by atoms with E-state index in [0.717, 1.165) is 38.9 Å². The van der Waals surface area contributed by atoms with E-state index in [4.69, 9.17) is 14.6 Å². The number of carbonyl (C=O) groups is 1. The SMILES string of the molecule is O=C(Nc1ccc2c(c1)OCO2)c1ccc(-n2cnc3ccc(-c4cnn(C(c5ccccc5)(c5ccccc5)c5ccccc5)c4)cc32)cc1F. The van der Waals surface area contributed by atoms with Gasteiger partial charge in [-0.3, -0.25) is 14.0 Å². The van der Waals surface area contributed by atoms with E-state index in [1.807, 2.05) is 51.8 Å². The molecule has 8 aromatic rings. The average molecular weight is 684 g/mol.